The number of nitrogens with zero attached hydrogens (tertiary/aromatic N) is 1. The lowest BCUT2D eigenvalue weighted by atomic mass is 10.2. The van der Waals surface area contributed by atoms with Gasteiger partial charge in [0.2, 0.25) is 5.91 Å². The van der Waals surface area contributed by atoms with E-state index in [0.29, 0.717) is 30.2 Å². The van der Waals surface area contributed by atoms with Crippen LogP contribution in [0.5, 0.6) is 5.75 Å². The highest BCUT2D eigenvalue weighted by molar-refractivity contribution is 5.78. The summed E-state index contributed by atoms with van der Waals surface area (Å²) in [5.74, 6) is 0.902. The second kappa shape index (κ2) is 5.62. The first-order chi connectivity index (χ1) is 8.66. The molecule has 18 heavy (non-hydrogen) atoms. The molecule has 0 unspecified atom stereocenters. The monoisotopic (exact) mass is 249 g/mol. The van der Waals surface area contributed by atoms with Crippen LogP contribution in [0.1, 0.15) is 19.3 Å². The Bertz CT molecular complexity index is 434. The van der Waals surface area contributed by atoms with Gasteiger partial charge in [-0.15, -0.1) is 0 Å². The molecule has 5 nitrogen and oxygen atoms in total. The lowest BCUT2D eigenvalue weighted by Gasteiger charge is -2.15. The van der Waals surface area contributed by atoms with E-state index >= 15 is 0 Å². The summed E-state index contributed by atoms with van der Waals surface area (Å²) in [5, 5.41) is 0. The molecule has 1 aliphatic heterocycles. The van der Waals surface area contributed by atoms with E-state index in [1.807, 2.05) is 4.90 Å². The number of carbonyl (C=O) groups is 1. The standard InChI is InChI=1S/C13H19N3O2/c14-10-4-5-12(11(15)9-10)18-8-2-7-16-6-1-3-13(16)17/h4-5,9H,1-3,6-8,14-15H2. The number of likely N-dealkylation sites (tertiary alicyclic amines) is 1. The molecule has 0 bridgehead atoms. The summed E-state index contributed by atoms with van der Waals surface area (Å²) in [4.78, 5) is 13.3. The Morgan fingerprint density at radius 3 is 2.83 bits per heavy atom. The molecule has 2 rings (SSSR count). The van der Waals surface area contributed by atoms with Gasteiger partial charge >= 0.3 is 0 Å². The number of rotatable bonds is 5. The summed E-state index contributed by atoms with van der Waals surface area (Å²) in [5.41, 5.74) is 12.6. The molecule has 0 atom stereocenters. The van der Waals surface area contributed by atoms with Crippen LogP contribution >= 0.6 is 0 Å². The maximum Gasteiger partial charge on any atom is 0.222 e. The lowest BCUT2D eigenvalue weighted by molar-refractivity contribution is -0.127. The average Bonchev–Trinajstić information content (AvgIpc) is 2.73. The first kappa shape index (κ1) is 12.5. The van der Waals surface area contributed by atoms with Crippen molar-refractivity contribution in [2.75, 3.05) is 31.2 Å². The molecule has 0 saturated carbocycles. The third-order valence-corrected chi connectivity index (χ3v) is 3.04. The van der Waals surface area contributed by atoms with Crippen LogP contribution in [-0.2, 0) is 4.79 Å². The molecule has 0 aromatic heterocycles. The summed E-state index contributed by atoms with van der Waals surface area (Å²) in [6.45, 7) is 2.19. The summed E-state index contributed by atoms with van der Waals surface area (Å²) < 4.78 is 5.57. The van der Waals surface area contributed by atoms with E-state index in [1.165, 1.54) is 0 Å². The van der Waals surface area contributed by atoms with Gasteiger partial charge in [-0.1, -0.05) is 0 Å². The van der Waals surface area contributed by atoms with Crippen molar-refractivity contribution < 1.29 is 9.53 Å². The van der Waals surface area contributed by atoms with Crippen LogP contribution in [0.15, 0.2) is 18.2 Å². The van der Waals surface area contributed by atoms with E-state index in [4.69, 9.17) is 16.2 Å². The minimum Gasteiger partial charge on any atom is -0.491 e. The fourth-order valence-electron chi connectivity index (χ4n) is 2.08. The predicted molar refractivity (Wildman–Crippen MR) is 71.2 cm³/mol. The number of benzene rings is 1. The minimum absolute atomic E-state index is 0.252. The van der Waals surface area contributed by atoms with Gasteiger partial charge in [0.15, 0.2) is 0 Å². The maximum atomic E-state index is 11.4. The summed E-state index contributed by atoms with van der Waals surface area (Å²) in [6.07, 6.45) is 2.48. The number of hydrogen-bond acceptors (Lipinski definition) is 4. The second-order valence-electron chi connectivity index (χ2n) is 4.48. The van der Waals surface area contributed by atoms with Crippen molar-refractivity contribution in [3.8, 4) is 5.75 Å². The number of hydrogen-bond donors (Lipinski definition) is 2. The molecule has 1 aromatic rings. The van der Waals surface area contributed by atoms with Crippen molar-refractivity contribution in [1.82, 2.24) is 4.90 Å². The Morgan fingerprint density at radius 2 is 2.17 bits per heavy atom. The Morgan fingerprint density at radius 1 is 1.33 bits per heavy atom. The Kier molecular flexibility index (Phi) is 3.92. The highest BCUT2D eigenvalue weighted by Crippen LogP contribution is 2.23. The van der Waals surface area contributed by atoms with Crippen LogP contribution in [-0.4, -0.2) is 30.5 Å². The zero-order chi connectivity index (χ0) is 13.0. The molecule has 4 N–H and O–H groups in total. The molecule has 0 spiro atoms. The topological polar surface area (TPSA) is 81.6 Å². The van der Waals surface area contributed by atoms with Gasteiger partial charge in [-0.2, -0.15) is 0 Å². The van der Waals surface area contributed by atoms with Crippen molar-refractivity contribution in [3.63, 3.8) is 0 Å². The molecule has 0 radical (unpaired) electrons. The van der Waals surface area contributed by atoms with Crippen LogP contribution in [0.25, 0.3) is 0 Å². The molecule has 1 fully saturated rings. The van der Waals surface area contributed by atoms with E-state index in [0.717, 1.165) is 25.9 Å². The lowest BCUT2D eigenvalue weighted by Crippen LogP contribution is -2.26. The summed E-state index contributed by atoms with van der Waals surface area (Å²) in [6, 6.07) is 5.21. The zero-order valence-corrected chi connectivity index (χ0v) is 10.4. The second-order valence-corrected chi connectivity index (χ2v) is 4.48. The van der Waals surface area contributed by atoms with Gasteiger partial charge in [-0.3, -0.25) is 4.79 Å². The van der Waals surface area contributed by atoms with E-state index in [-0.39, 0.29) is 5.91 Å². The molecule has 1 heterocycles. The number of amides is 1. The van der Waals surface area contributed by atoms with Crippen LogP contribution in [0.3, 0.4) is 0 Å². The molecule has 5 heteroatoms. The number of carbonyl (C=O) groups excluding carboxylic acids is 1. The van der Waals surface area contributed by atoms with Gasteiger partial charge in [0.25, 0.3) is 0 Å². The molecule has 0 aliphatic carbocycles. The Hall–Kier alpha value is -1.91. The summed E-state index contributed by atoms with van der Waals surface area (Å²) >= 11 is 0. The quantitative estimate of drug-likeness (QED) is 0.607. The number of ether oxygens (including phenoxy) is 1. The first-order valence-corrected chi connectivity index (χ1v) is 6.22. The molecular formula is C13H19N3O2. The number of anilines is 2. The molecule has 1 aromatic carbocycles. The largest absolute Gasteiger partial charge is 0.491 e. The van der Waals surface area contributed by atoms with Gasteiger partial charge in [0.1, 0.15) is 5.75 Å². The van der Waals surface area contributed by atoms with E-state index in [9.17, 15) is 4.79 Å². The van der Waals surface area contributed by atoms with Gasteiger partial charge in [-0.05, 0) is 31.0 Å². The SMILES string of the molecule is Nc1ccc(OCCCN2CCCC2=O)c(N)c1. The van der Waals surface area contributed by atoms with Gasteiger partial charge in [0, 0.05) is 25.2 Å². The maximum absolute atomic E-state index is 11.4. The van der Waals surface area contributed by atoms with E-state index in [2.05, 4.69) is 0 Å². The van der Waals surface area contributed by atoms with Crippen molar-refractivity contribution in [2.45, 2.75) is 19.3 Å². The third kappa shape index (κ3) is 3.06. The summed E-state index contributed by atoms with van der Waals surface area (Å²) in [7, 11) is 0. The van der Waals surface area contributed by atoms with Crippen LogP contribution in [0.4, 0.5) is 11.4 Å². The smallest absolute Gasteiger partial charge is 0.222 e. The molecule has 1 aliphatic rings. The normalized spacial score (nSPS) is 15.1. The Balaban J connectivity index is 1.73. The Labute approximate surface area is 107 Å². The zero-order valence-electron chi connectivity index (χ0n) is 10.4. The van der Waals surface area contributed by atoms with Gasteiger partial charge in [0.05, 0.1) is 12.3 Å². The van der Waals surface area contributed by atoms with Crippen LogP contribution in [0, 0.1) is 0 Å². The average molecular weight is 249 g/mol. The highest BCUT2D eigenvalue weighted by Gasteiger charge is 2.18. The van der Waals surface area contributed by atoms with Crippen molar-refractivity contribution in [1.29, 1.82) is 0 Å². The van der Waals surface area contributed by atoms with Gasteiger partial charge in [-0.25, -0.2) is 0 Å². The first-order valence-electron chi connectivity index (χ1n) is 6.22. The van der Waals surface area contributed by atoms with Gasteiger partial charge < -0.3 is 21.1 Å². The van der Waals surface area contributed by atoms with E-state index < -0.39 is 0 Å². The highest BCUT2D eigenvalue weighted by atomic mass is 16.5. The minimum atomic E-state index is 0.252. The van der Waals surface area contributed by atoms with Crippen molar-refractivity contribution >= 4 is 17.3 Å². The van der Waals surface area contributed by atoms with Crippen LogP contribution in [0.2, 0.25) is 0 Å². The molecular weight excluding hydrogens is 230 g/mol. The number of nitrogen functional groups attached to an aromatic ring is 2. The predicted octanol–water partition coefficient (Wildman–Crippen LogP) is 1.24. The molecule has 1 amide bonds. The van der Waals surface area contributed by atoms with Crippen LogP contribution < -0.4 is 16.2 Å². The van der Waals surface area contributed by atoms with Crippen molar-refractivity contribution in [2.24, 2.45) is 0 Å². The fraction of sp³-hybridized carbons (Fsp3) is 0.462. The fourth-order valence-corrected chi connectivity index (χ4v) is 2.08. The molecule has 1 saturated heterocycles. The third-order valence-electron chi connectivity index (χ3n) is 3.04. The molecule has 98 valence electrons. The van der Waals surface area contributed by atoms with E-state index in [1.54, 1.807) is 18.2 Å². The number of nitrogens with two attached hydrogens (primary N) is 2. The van der Waals surface area contributed by atoms with Crippen molar-refractivity contribution in [3.05, 3.63) is 18.2 Å².